The van der Waals surface area contributed by atoms with Crippen molar-refractivity contribution in [2.24, 2.45) is 0 Å². The Kier molecular flexibility index (Phi) is 4.96. The first kappa shape index (κ1) is 18.2. The Bertz CT molecular complexity index is 809. The average molecular weight is 357 g/mol. The molecule has 2 aromatic rings. The van der Waals surface area contributed by atoms with Crippen LogP contribution in [0.25, 0.3) is 0 Å². The minimum Gasteiger partial charge on any atom is -0.478 e. The van der Waals surface area contributed by atoms with E-state index in [-0.39, 0.29) is 5.56 Å². The molecule has 9 heteroatoms. The zero-order chi connectivity index (χ0) is 18.8. The molecule has 3 N–H and O–H groups in total. The first-order valence-electron chi connectivity index (χ1n) is 6.75. The summed E-state index contributed by atoms with van der Waals surface area (Å²) < 4.78 is 55.4. The number of carboxylic acids is 1. The Hall–Kier alpha value is -3.10. The van der Waals surface area contributed by atoms with Crippen molar-refractivity contribution in [3.63, 3.8) is 0 Å². The summed E-state index contributed by atoms with van der Waals surface area (Å²) in [4.78, 5) is 23.5. The number of carbonyl (C=O) groups is 2. The second-order valence-electron chi connectivity index (χ2n) is 4.87. The number of rotatable bonds is 6. The summed E-state index contributed by atoms with van der Waals surface area (Å²) in [6, 6.07) is 9.10. The fourth-order valence-electron chi connectivity index (χ4n) is 2.00. The molecule has 0 aliphatic rings. The quantitative estimate of drug-likeness (QED) is 0.470. The molecular formula is C16H11F4NO4. The van der Waals surface area contributed by atoms with Crippen LogP contribution < -0.4 is 10.5 Å². The van der Waals surface area contributed by atoms with Crippen LogP contribution in [-0.4, -0.2) is 29.4 Å². The van der Waals surface area contributed by atoms with Gasteiger partial charge < -0.3 is 15.6 Å². The van der Waals surface area contributed by atoms with Gasteiger partial charge in [-0.3, -0.25) is 4.79 Å². The number of carbonyl (C=O) groups excluding carboxylic acids is 1. The molecule has 0 fully saturated rings. The SMILES string of the molecule is Nc1c(C(=O)O)ccc(C(=O)c2ccccc2)c1OC(F)(F)C(F)F. The highest BCUT2D eigenvalue weighted by Gasteiger charge is 2.45. The van der Waals surface area contributed by atoms with E-state index in [9.17, 15) is 27.2 Å². The molecule has 2 aromatic carbocycles. The molecule has 0 aromatic heterocycles. The predicted molar refractivity (Wildman–Crippen MR) is 79.3 cm³/mol. The molecule has 0 heterocycles. The number of nitrogen functional groups attached to an aromatic ring is 1. The van der Waals surface area contributed by atoms with Gasteiger partial charge in [0.25, 0.3) is 0 Å². The monoisotopic (exact) mass is 357 g/mol. The summed E-state index contributed by atoms with van der Waals surface area (Å²) in [6.45, 7) is 0. The maximum absolute atomic E-state index is 13.3. The van der Waals surface area contributed by atoms with Crippen LogP contribution in [0.4, 0.5) is 23.2 Å². The van der Waals surface area contributed by atoms with Crippen LogP contribution in [0.15, 0.2) is 42.5 Å². The summed E-state index contributed by atoms with van der Waals surface area (Å²) in [6.07, 6.45) is -9.17. The van der Waals surface area contributed by atoms with Crippen molar-refractivity contribution in [1.82, 2.24) is 0 Å². The zero-order valence-electron chi connectivity index (χ0n) is 12.4. The van der Waals surface area contributed by atoms with E-state index in [2.05, 4.69) is 4.74 Å². The standard InChI is InChI=1S/C16H11F4NO4/c17-15(18)16(19,20)25-13-10(7-6-9(11(13)21)14(23)24)12(22)8-4-2-1-3-5-8/h1-7,15H,21H2,(H,23,24). The van der Waals surface area contributed by atoms with Crippen molar-refractivity contribution < 1.29 is 37.0 Å². The highest BCUT2D eigenvalue weighted by molar-refractivity contribution is 6.12. The highest BCUT2D eigenvalue weighted by Crippen LogP contribution is 2.37. The Balaban J connectivity index is 2.62. The van der Waals surface area contributed by atoms with Crippen molar-refractivity contribution in [3.8, 4) is 5.75 Å². The van der Waals surface area contributed by atoms with Gasteiger partial charge in [0, 0.05) is 5.56 Å². The van der Waals surface area contributed by atoms with Crippen molar-refractivity contribution in [2.75, 3.05) is 5.73 Å². The van der Waals surface area contributed by atoms with Crippen LogP contribution in [0.2, 0.25) is 0 Å². The number of alkyl halides is 4. The molecule has 0 amide bonds. The van der Waals surface area contributed by atoms with Gasteiger partial charge in [0.05, 0.1) is 16.8 Å². The number of hydrogen-bond acceptors (Lipinski definition) is 4. The summed E-state index contributed by atoms with van der Waals surface area (Å²) in [7, 11) is 0. The molecule has 132 valence electrons. The normalized spacial score (nSPS) is 11.4. The molecule has 0 radical (unpaired) electrons. The molecule has 25 heavy (non-hydrogen) atoms. The summed E-state index contributed by atoms with van der Waals surface area (Å²) in [5.74, 6) is -3.55. The van der Waals surface area contributed by atoms with Gasteiger partial charge in [0.2, 0.25) is 0 Å². The molecule has 0 spiro atoms. The van der Waals surface area contributed by atoms with Gasteiger partial charge in [0.15, 0.2) is 11.5 Å². The Morgan fingerprint density at radius 2 is 1.60 bits per heavy atom. The van der Waals surface area contributed by atoms with E-state index in [1.807, 2.05) is 0 Å². The van der Waals surface area contributed by atoms with E-state index in [0.29, 0.717) is 0 Å². The van der Waals surface area contributed by atoms with Gasteiger partial charge in [0.1, 0.15) is 0 Å². The van der Waals surface area contributed by atoms with E-state index in [1.165, 1.54) is 24.3 Å². The molecule has 5 nitrogen and oxygen atoms in total. The smallest absolute Gasteiger partial charge is 0.461 e. The van der Waals surface area contributed by atoms with Crippen LogP contribution >= 0.6 is 0 Å². The van der Waals surface area contributed by atoms with Crippen LogP contribution in [-0.2, 0) is 0 Å². The minimum absolute atomic E-state index is 0.0511. The van der Waals surface area contributed by atoms with Crippen LogP contribution in [0.5, 0.6) is 5.75 Å². The lowest BCUT2D eigenvalue weighted by molar-refractivity contribution is -0.253. The van der Waals surface area contributed by atoms with Gasteiger partial charge in [-0.05, 0) is 12.1 Å². The van der Waals surface area contributed by atoms with Crippen LogP contribution in [0, 0.1) is 0 Å². The summed E-state index contributed by atoms with van der Waals surface area (Å²) in [5, 5.41) is 8.99. The number of hydrogen-bond donors (Lipinski definition) is 2. The maximum Gasteiger partial charge on any atom is 0.461 e. The molecule has 0 aliphatic heterocycles. The molecule has 0 bridgehead atoms. The minimum atomic E-state index is -4.96. The van der Waals surface area contributed by atoms with E-state index >= 15 is 0 Å². The third kappa shape index (κ3) is 3.70. The average Bonchev–Trinajstić information content (AvgIpc) is 2.56. The van der Waals surface area contributed by atoms with Gasteiger partial charge in [-0.25, -0.2) is 4.79 Å². The molecule has 0 atom stereocenters. The second kappa shape index (κ2) is 6.80. The van der Waals surface area contributed by atoms with Gasteiger partial charge in [-0.15, -0.1) is 0 Å². The van der Waals surface area contributed by atoms with Gasteiger partial charge in [-0.2, -0.15) is 17.6 Å². The molecule has 0 unspecified atom stereocenters. The number of ketones is 1. The number of aromatic carboxylic acids is 1. The molecular weight excluding hydrogens is 346 g/mol. The number of benzene rings is 2. The number of halogens is 4. The van der Waals surface area contributed by atoms with E-state index in [1.54, 1.807) is 6.07 Å². The molecule has 0 saturated carbocycles. The molecule has 0 aliphatic carbocycles. The van der Waals surface area contributed by atoms with Gasteiger partial charge >= 0.3 is 18.5 Å². The number of ether oxygens (including phenoxy) is 1. The Morgan fingerprint density at radius 1 is 1.04 bits per heavy atom. The van der Waals surface area contributed by atoms with E-state index in [0.717, 1.165) is 12.1 Å². The third-order valence-corrected chi connectivity index (χ3v) is 3.20. The van der Waals surface area contributed by atoms with Crippen LogP contribution in [0.1, 0.15) is 26.3 Å². The number of carboxylic acid groups (broad SMARTS) is 1. The Morgan fingerprint density at radius 3 is 2.12 bits per heavy atom. The maximum atomic E-state index is 13.3. The Labute approximate surface area is 138 Å². The summed E-state index contributed by atoms with van der Waals surface area (Å²) in [5.41, 5.74) is 3.45. The lowest BCUT2D eigenvalue weighted by Gasteiger charge is -2.21. The summed E-state index contributed by atoms with van der Waals surface area (Å²) >= 11 is 0. The van der Waals surface area contributed by atoms with Crippen LogP contribution in [0.3, 0.4) is 0 Å². The van der Waals surface area contributed by atoms with E-state index < -0.39 is 46.9 Å². The highest BCUT2D eigenvalue weighted by atomic mass is 19.3. The second-order valence-corrected chi connectivity index (χ2v) is 4.87. The third-order valence-electron chi connectivity index (χ3n) is 3.20. The van der Waals surface area contributed by atoms with Crippen molar-refractivity contribution in [2.45, 2.75) is 12.5 Å². The fourth-order valence-corrected chi connectivity index (χ4v) is 2.00. The zero-order valence-corrected chi connectivity index (χ0v) is 12.4. The number of anilines is 1. The first-order valence-corrected chi connectivity index (χ1v) is 6.75. The van der Waals surface area contributed by atoms with E-state index in [4.69, 9.17) is 10.8 Å². The number of nitrogens with two attached hydrogens (primary N) is 1. The molecule has 0 saturated heterocycles. The van der Waals surface area contributed by atoms with Crippen molar-refractivity contribution >= 4 is 17.4 Å². The lowest BCUT2D eigenvalue weighted by atomic mass is 9.99. The first-order chi connectivity index (χ1) is 11.6. The predicted octanol–water partition coefficient (Wildman–Crippen LogP) is 3.43. The molecule has 2 rings (SSSR count). The fraction of sp³-hybridized carbons (Fsp3) is 0.125. The van der Waals surface area contributed by atoms with Gasteiger partial charge in [-0.1, -0.05) is 30.3 Å². The van der Waals surface area contributed by atoms with Crippen molar-refractivity contribution in [3.05, 3.63) is 59.2 Å². The van der Waals surface area contributed by atoms with Crippen molar-refractivity contribution in [1.29, 1.82) is 0 Å². The largest absolute Gasteiger partial charge is 0.478 e. The lowest BCUT2D eigenvalue weighted by Crippen LogP contribution is -2.34. The topological polar surface area (TPSA) is 89.6 Å².